The van der Waals surface area contributed by atoms with E-state index in [1.54, 1.807) is 11.8 Å². The smallest absolute Gasteiger partial charge is 0.338 e. The number of nitrogens with one attached hydrogen (secondary N) is 1. The molecule has 2 amide bonds. The van der Waals surface area contributed by atoms with Gasteiger partial charge in [0, 0.05) is 17.8 Å². The number of ether oxygens (including phenoxy) is 1. The maximum atomic E-state index is 13.8. The van der Waals surface area contributed by atoms with Gasteiger partial charge in [0.1, 0.15) is 0 Å². The van der Waals surface area contributed by atoms with Gasteiger partial charge in [-0.05, 0) is 30.2 Å². The summed E-state index contributed by atoms with van der Waals surface area (Å²) in [4.78, 5) is 28.5. The van der Waals surface area contributed by atoms with Gasteiger partial charge in [0.05, 0.1) is 24.3 Å². The molecule has 0 bridgehead atoms. The van der Waals surface area contributed by atoms with Crippen molar-refractivity contribution in [3.05, 3.63) is 113 Å². The van der Waals surface area contributed by atoms with E-state index in [-0.39, 0.29) is 18.7 Å². The molecule has 0 fully saturated rings. The van der Waals surface area contributed by atoms with Crippen molar-refractivity contribution in [2.24, 2.45) is 5.73 Å². The Balaban J connectivity index is 1.86. The van der Waals surface area contributed by atoms with E-state index in [2.05, 4.69) is 5.32 Å². The SMILES string of the molecule is CCOC(=O)C1=C(N)CC(c2ccccc2)N(C(=O)Nc2ccccc2)C1c1ccccc1. The Morgan fingerprint density at radius 1 is 0.909 bits per heavy atom. The van der Waals surface area contributed by atoms with Crippen molar-refractivity contribution in [1.29, 1.82) is 0 Å². The van der Waals surface area contributed by atoms with Crippen molar-refractivity contribution < 1.29 is 14.3 Å². The van der Waals surface area contributed by atoms with Crippen molar-refractivity contribution in [3.63, 3.8) is 0 Å². The number of hydrogen-bond donors (Lipinski definition) is 2. The van der Waals surface area contributed by atoms with Gasteiger partial charge < -0.3 is 20.7 Å². The second-order valence-electron chi connectivity index (χ2n) is 7.81. The van der Waals surface area contributed by atoms with E-state index in [1.165, 1.54) is 0 Å². The fourth-order valence-corrected chi connectivity index (χ4v) is 4.25. The van der Waals surface area contributed by atoms with Crippen LogP contribution in [0.1, 0.15) is 36.6 Å². The number of hydrogen-bond acceptors (Lipinski definition) is 4. The van der Waals surface area contributed by atoms with Gasteiger partial charge >= 0.3 is 12.0 Å². The Kier molecular flexibility index (Phi) is 6.74. The monoisotopic (exact) mass is 441 g/mol. The number of benzene rings is 3. The highest BCUT2D eigenvalue weighted by Crippen LogP contribution is 2.44. The van der Waals surface area contributed by atoms with Crippen molar-refractivity contribution in [1.82, 2.24) is 4.90 Å². The van der Waals surface area contributed by atoms with E-state index >= 15 is 0 Å². The van der Waals surface area contributed by atoms with Crippen LogP contribution in [0.3, 0.4) is 0 Å². The van der Waals surface area contributed by atoms with Crippen LogP contribution in [0.2, 0.25) is 0 Å². The van der Waals surface area contributed by atoms with Gasteiger partial charge in [0.25, 0.3) is 0 Å². The molecule has 1 aliphatic heterocycles. The first kappa shape index (κ1) is 22.1. The topological polar surface area (TPSA) is 84.7 Å². The lowest BCUT2D eigenvalue weighted by Gasteiger charge is -2.43. The Morgan fingerprint density at radius 2 is 1.45 bits per heavy atom. The number of carbonyl (C=O) groups is 2. The zero-order chi connectivity index (χ0) is 23.2. The Hall–Kier alpha value is -4.06. The number of amides is 2. The highest BCUT2D eigenvalue weighted by molar-refractivity contribution is 5.95. The second-order valence-corrected chi connectivity index (χ2v) is 7.81. The summed E-state index contributed by atoms with van der Waals surface area (Å²) >= 11 is 0. The predicted molar refractivity (Wildman–Crippen MR) is 128 cm³/mol. The van der Waals surface area contributed by atoms with E-state index in [0.29, 0.717) is 23.4 Å². The van der Waals surface area contributed by atoms with Gasteiger partial charge in [-0.3, -0.25) is 0 Å². The molecular formula is C27H27N3O3. The fourth-order valence-electron chi connectivity index (χ4n) is 4.25. The minimum atomic E-state index is -0.701. The molecule has 2 atom stereocenters. The molecule has 0 spiro atoms. The molecule has 168 valence electrons. The highest BCUT2D eigenvalue weighted by Gasteiger charge is 2.43. The molecule has 4 rings (SSSR count). The molecule has 3 aromatic carbocycles. The number of rotatable bonds is 5. The lowest BCUT2D eigenvalue weighted by molar-refractivity contribution is -0.139. The van der Waals surface area contributed by atoms with Gasteiger partial charge in [-0.25, -0.2) is 9.59 Å². The molecule has 6 nitrogen and oxygen atoms in total. The van der Waals surface area contributed by atoms with E-state index in [0.717, 1.165) is 11.1 Å². The number of urea groups is 1. The van der Waals surface area contributed by atoms with Crippen LogP contribution >= 0.6 is 0 Å². The molecule has 1 aliphatic rings. The maximum absolute atomic E-state index is 13.8. The van der Waals surface area contributed by atoms with E-state index < -0.39 is 12.0 Å². The number of nitrogens with two attached hydrogens (primary N) is 1. The highest BCUT2D eigenvalue weighted by atomic mass is 16.5. The summed E-state index contributed by atoms with van der Waals surface area (Å²) in [6.45, 7) is 1.97. The molecule has 1 heterocycles. The van der Waals surface area contributed by atoms with Crippen LogP contribution < -0.4 is 11.1 Å². The van der Waals surface area contributed by atoms with Crippen LogP contribution in [-0.4, -0.2) is 23.5 Å². The van der Waals surface area contributed by atoms with E-state index in [4.69, 9.17) is 10.5 Å². The molecule has 2 unspecified atom stereocenters. The first-order valence-corrected chi connectivity index (χ1v) is 11.0. The summed E-state index contributed by atoms with van der Waals surface area (Å²) in [5.41, 5.74) is 9.63. The third kappa shape index (κ3) is 4.75. The van der Waals surface area contributed by atoms with Gasteiger partial charge in [-0.15, -0.1) is 0 Å². The third-order valence-electron chi connectivity index (χ3n) is 5.70. The third-order valence-corrected chi connectivity index (χ3v) is 5.70. The molecule has 0 saturated carbocycles. The summed E-state index contributed by atoms with van der Waals surface area (Å²) < 4.78 is 5.36. The summed E-state index contributed by atoms with van der Waals surface area (Å²) in [6, 6.07) is 27.1. The first-order valence-electron chi connectivity index (χ1n) is 11.0. The molecular weight excluding hydrogens is 414 g/mol. The van der Waals surface area contributed by atoms with Gasteiger partial charge in [0.15, 0.2) is 0 Å². The van der Waals surface area contributed by atoms with Crippen LogP contribution in [0.15, 0.2) is 102 Å². The molecule has 0 saturated heterocycles. The number of carbonyl (C=O) groups excluding carboxylic acids is 2. The Bertz CT molecular complexity index is 1130. The average molecular weight is 442 g/mol. The summed E-state index contributed by atoms with van der Waals surface area (Å²) in [5, 5.41) is 2.99. The lowest BCUT2D eigenvalue weighted by atomic mass is 9.85. The summed E-state index contributed by atoms with van der Waals surface area (Å²) in [7, 11) is 0. The van der Waals surface area contributed by atoms with Crippen LogP contribution in [0, 0.1) is 0 Å². The zero-order valence-corrected chi connectivity index (χ0v) is 18.5. The average Bonchev–Trinajstić information content (AvgIpc) is 2.85. The Morgan fingerprint density at radius 3 is 2.03 bits per heavy atom. The second kappa shape index (κ2) is 10.0. The summed E-state index contributed by atoms with van der Waals surface area (Å²) in [5.74, 6) is -0.507. The molecule has 0 aliphatic carbocycles. The number of nitrogens with zero attached hydrogens (tertiary/aromatic N) is 1. The zero-order valence-electron chi connectivity index (χ0n) is 18.5. The van der Waals surface area contributed by atoms with Crippen molar-refractivity contribution in [3.8, 4) is 0 Å². The maximum Gasteiger partial charge on any atom is 0.338 e. The molecule has 0 aromatic heterocycles. The van der Waals surface area contributed by atoms with Crippen LogP contribution in [0.4, 0.5) is 10.5 Å². The standard InChI is InChI=1S/C27H27N3O3/c1-2-33-26(31)24-22(28)18-23(19-12-6-3-7-13-19)30(25(24)20-14-8-4-9-15-20)27(32)29-21-16-10-5-11-17-21/h3-17,23,25H,2,18,28H2,1H3,(H,29,32). The molecule has 33 heavy (non-hydrogen) atoms. The largest absolute Gasteiger partial charge is 0.463 e. The number of esters is 1. The first-order chi connectivity index (χ1) is 16.1. The molecule has 3 aromatic rings. The quantitative estimate of drug-likeness (QED) is 0.534. The van der Waals surface area contributed by atoms with Crippen molar-refractivity contribution >= 4 is 17.7 Å². The molecule has 3 N–H and O–H groups in total. The van der Waals surface area contributed by atoms with Gasteiger partial charge in [0.2, 0.25) is 0 Å². The van der Waals surface area contributed by atoms with E-state index in [1.807, 2.05) is 91.0 Å². The number of anilines is 1. The minimum Gasteiger partial charge on any atom is -0.463 e. The predicted octanol–water partition coefficient (Wildman–Crippen LogP) is 5.18. The summed E-state index contributed by atoms with van der Waals surface area (Å²) in [6.07, 6.45) is 0.323. The van der Waals surface area contributed by atoms with Gasteiger partial charge in [-0.2, -0.15) is 0 Å². The normalized spacial score (nSPS) is 18.0. The van der Waals surface area contributed by atoms with Gasteiger partial charge in [-0.1, -0.05) is 78.9 Å². The number of para-hydroxylation sites is 1. The van der Waals surface area contributed by atoms with Crippen molar-refractivity contribution in [2.75, 3.05) is 11.9 Å². The van der Waals surface area contributed by atoms with Crippen molar-refractivity contribution in [2.45, 2.75) is 25.4 Å². The van der Waals surface area contributed by atoms with Crippen LogP contribution in [0.5, 0.6) is 0 Å². The lowest BCUT2D eigenvalue weighted by Crippen LogP contribution is -2.46. The Labute approximate surface area is 193 Å². The minimum absolute atomic E-state index is 0.218. The molecule has 0 radical (unpaired) electrons. The van der Waals surface area contributed by atoms with Crippen LogP contribution in [-0.2, 0) is 9.53 Å². The molecule has 6 heteroatoms. The van der Waals surface area contributed by atoms with Crippen LogP contribution in [0.25, 0.3) is 0 Å². The van der Waals surface area contributed by atoms with E-state index in [9.17, 15) is 9.59 Å². The fraction of sp³-hybridized carbons (Fsp3) is 0.185.